The molecule has 1 atom stereocenters. The number of nitrogens with one attached hydrogen (secondary N) is 1. The van der Waals surface area contributed by atoms with E-state index in [9.17, 15) is 0 Å². The first-order valence-corrected chi connectivity index (χ1v) is 7.40. The smallest absolute Gasteiger partial charge is 0.0522 e. The average molecular weight is 249 g/mol. The second-order valence-corrected chi connectivity index (χ2v) is 6.20. The molecule has 1 aromatic heterocycles. The van der Waals surface area contributed by atoms with E-state index >= 15 is 0 Å². The first-order valence-electron chi connectivity index (χ1n) is 7.40. The molecule has 0 aromatic carbocycles. The molecule has 1 unspecified atom stereocenters. The van der Waals surface area contributed by atoms with Gasteiger partial charge in [0.1, 0.15) is 0 Å². The average Bonchev–Trinajstić information content (AvgIpc) is 2.89. The van der Waals surface area contributed by atoms with E-state index in [1.807, 2.05) is 0 Å². The third-order valence-electron chi connectivity index (χ3n) is 3.81. The maximum atomic E-state index is 4.45. The van der Waals surface area contributed by atoms with Crippen LogP contribution in [0, 0.1) is 5.92 Å². The third kappa shape index (κ3) is 3.35. The molecular formula is C15H27N3. The fourth-order valence-electron chi connectivity index (χ4n) is 3.29. The lowest BCUT2D eigenvalue weighted by Crippen LogP contribution is -2.43. The van der Waals surface area contributed by atoms with E-state index in [2.05, 4.69) is 48.3 Å². The van der Waals surface area contributed by atoms with Crippen LogP contribution in [-0.2, 0) is 13.0 Å². The van der Waals surface area contributed by atoms with E-state index in [0.717, 1.165) is 25.3 Å². The Kier molecular flexibility index (Phi) is 4.44. The van der Waals surface area contributed by atoms with Crippen LogP contribution in [0.2, 0.25) is 0 Å². The van der Waals surface area contributed by atoms with E-state index in [1.165, 1.54) is 31.4 Å². The maximum absolute atomic E-state index is 4.45. The predicted octanol–water partition coefficient (Wildman–Crippen LogP) is 3.00. The van der Waals surface area contributed by atoms with Gasteiger partial charge in [0.2, 0.25) is 0 Å². The molecule has 0 aliphatic carbocycles. The van der Waals surface area contributed by atoms with Crippen LogP contribution in [0.15, 0.2) is 12.4 Å². The van der Waals surface area contributed by atoms with Crippen molar-refractivity contribution in [3.05, 3.63) is 18.0 Å². The summed E-state index contributed by atoms with van der Waals surface area (Å²) in [4.78, 5) is 0. The lowest BCUT2D eigenvalue weighted by molar-refractivity contribution is 0.301. The highest BCUT2D eigenvalue weighted by Crippen LogP contribution is 2.30. The van der Waals surface area contributed by atoms with Crippen molar-refractivity contribution in [2.75, 3.05) is 6.54 Å². The normalized spacial score (nSPS) is 24.0. The summed E-state index contributed by atoms with van der Waals surface area (Å²) in [6.07, 6.45) is 10.5. The summed E-state index contributed by atoms with van der Waals surface area (Å²) in [6, 6.07) is 0. The Morgan fingerprint density at radius 2 is 2.33 bits per heavy atom. The summed E-state index contributed by atoms with van der Waals surface area (Å²) in [5.41, 5.74) is 1.72. The van der Waals surface area contributed by atoms with Crippen molar-refractivity contribution in [3.63, 3.8) is 0 Å². The second-order valence-electron chi connectivity index (χ2n) is 6.20. The van der Waals surface area contributed by atoms with Gasteiger partial charge in [-0.2, -0.15) is 5.10 Å². The van der Waals surface area contributed by atoms with Gasteiger partial charge in [0.15, 0.2) is 0 Å². The van der Waals surface area contributed by atoms with Crippen LogP contribution in [0.5, 0.6) is 0 Å². The van der Waals surface area contributed by atoms with Gasteiger partial charge in [-0.3, -0.25) is 4.68 Å². The van der Waals surface area contributed by atoms with Gasteiger partial charge in [0.05, 0.1) is 6.20 Å². The molecule has 0 spiro atoms. The molecule has 0 amide bonds. The molecule has 102 valence electrons. The Hall–Kier alpha value is -0.830. The van der Waals surface area contributed by atoms with Crippen LogP contribution in [0.4, 0.5) is 0 Å². The van der Waals surface area contributed by atoms with Crippen molar-refractivity contribution in [1.29, 1.82) is 0 Å². The molecule has 2 heterocycles. The molecule has 1 fully saturated rings. The highest BCUT2D eigenvalue weighted by molar-refractivity contribution is 5.12. The molecular weight excluding hydrogens is 222 g/mol. The summed E-state index contributed by atoms with van der Waals surface area (Å²) >= 11 is 0. The molecule has 1 aromatic rings. The fraction of sp³-hybridized carbons (Fsp3) is 0.800. The Bertz CT molecular complexity index is 362. The number of aryl methyl sites for hydroxylation is 1. The van der Waals surface area contributed by atoms with Crippen molar-refractivity contribution in [3.8, 4) is 0 Å². The van der Waals surface area contributed by atoms with Crippen LogP contribution in [0.25, 0.3) is 0 Å². The first-order chi connectivity index (χ1) is 8.63. The number of rotatable bonds is 6. The van der Waals surface area contributed by atoms with Crippen LogP contribution in [0.1, 0.15) is 52.0 Å². The fourth-order valence-corrected chi connectivity index (χ4v) is 3.29. The van der Waals surface area contributed by atoms with Crippen LogP contribution in [-0.4, -0.2) is 21.9 Å². The van der Waals surface area contributed by atoms with E-state index in [1.54, 1.807) is 0 Å². The first kappa shape index (κ1) is 13.6. The zero-order valence-corrected chi connectivity index (χ0v) is 12.1. The van der Waals surface area contributed by atoms with Gasteiger partial charge in [-0.15, -0.1) is 0 Å². The third-order valence-corrected chi connectivity index (χ3v) is 3.81. The van der Waals surface area contributed by atoms with Crippen LogP contribution in [0.3, 0.4) is 0 Å². The molecule has 1 aliphatic rings. The molecule has 1 saturated heterocycles. The molecule has 2 rings (SSSR count). The Balaban J connectivity index is 2.03. The molecule has 1 N–H and O–H groups in total. The van der Waals surface area contributed by atoms with Crippen molar-refractivity contribution < 1.29 is 0 Å². The van der Waals surface area contributed by atoms with Crippen LogP contribution >= 0.6 is 0 Å². The van der Waals surface area contributed by atoms with E-state index in [4.69, 9.17) is 0 Å². The summed E-state index contributed by atoms with van der Waals surface area (Å²) in [6.45, 7) is 9.05. The van der Waals surface area contributed by atoms with Gasteiger partial charge in [-0.25, -0.2) is 0 Å². The molecule has 1 aliphatic heterocycles. The van der Waals surface area contributed by atoms with Crippen molar-refractivity contribution in [1.82, 2.24) is 15.1 Å². The van der Waals surface area contributed by atoms with Gasteiger partial charge >= 0.3 is 0 Å². The van der Waals surface area contributed by atoms with E-state index in [0.29, 0.717) is 5.54 Å². The maximum Gasteiger partial charge on any atom is 0.0522 e. The van der Waals surface area contributed by atoms with Gasteiger partial charge in [-0.1, -0.05) is 20.8 Å². The van der Waals surface area contributed by atoms with Crippen molar-refractivity contribution in [2.45, 2.75) is 65.0 Å². The summed E-state index contributed by atoms with van der Waals surface area (Å²) in [5, 5.41) is 8.20. The standard InChI is InChI=1S/C15H27N3/c1-4-8-18-12-14(11-17-18)10-15(9-13(2)3)6-5-7-16-15/h11-13,16H,4-10H2,1-3H3. The summed E-state index contributed by atoms with van der Waals surface area (Å²) in [5.74, 6) is 0.751. The predicted molar refractivity (Wildman–Crippen MR) is 75.6 cm³/mol. The molecule has 3 nitrogen and oxygen atoms in total. The Morgan fingerprint density at radius 3 is 2.94 bits per heavy atom. The minimum atomic E-state index is 0.328. The quantitative estimate of drug-likeness (QED) is 0.840. The largest absolute Gasteiger partial charge is 0.311 e. The number of aromatic nitrogens is 2. The second kappa shape index (κ2) is 5.87. The SMILES string of the molecule is CCCn1cc(CC2(CC(C)C)CCCN2)cn1. The van der Waals surface area contributed by atoms with Gasteiger partial charge in [0, 0.05) is 18.3 Å². The number of hydrogen-bond acceptors (Lipinski definition) is 2. The van der Waals surface area contributed by atoms with E-state index < -0.39 is 0 Å². The zero-order chi connectivity index (χ0) is 13.0. The van der Waals surface area contributed by atoms with Crippen molar-refractivity contribution in [2.24, 2.45) is 5.92 Å². The zero-order valence-electron chi connectivity index (χ0n) is 12.1. The molecule has 18 heavy (non-hydrogen) atoms. The lowest BCUT2D eigenvalue weighted by atomic mass is 9.83. The minimum absolute atomic E-state index is 0.328. The van der Waals surface area contributed by atoms with Crippen molar-refractivity contribution >= 4 is 0 Å². The number of nitrogens with zero attached hydrogens (tertiary/aromatic N) is 2. The lowest BCUT2D eigenvalue weighted by Gasteiger charge is -2.31. The molecule has 0 saturated carbocycles. The van der Waals surface area contributed by atoms with Gasteiger partial charge < -0.3 is 5.32 Å². The molecule has 3 heteroatoms. The highest BCUT2D eigenvalue weighted by atomic mass is 15.3. The van der Waals surface area contributed by atoms with E-state index in [-0.39, 0.29) is 0 Å². The monoisotopic (exact) mass is 249 g/mol. The minimum Gasteiger partial charge on any atom is -0.311 e. The highest BCUT2D eigenvalue weighted by Gasteiger charge is 2.34. The molecule has 0 radical (unpaired) electrons. The summed E-state index contributed by atoms with van der Waals surface area (Å²) < 4.78 is 2.08. The van der Waals surface area contributed by atoms with Gasteiger partial charge in [-0.05, 0) is 50.1 Å². The Labute approximate surface area is 111 Å². The summed E-state index contributed by atoms with van der Waals surface area (Å²) in [7, 11) is 0. The van der Waals surface area contributed by atoms with Gasteiger partial charge in [0.25, 0.3) is 0 Å². The topological polar surface area (TPSA) is 29.9 Å². The molecule has 0 bridgehead atoms. The van der Waals surface area contributed by atoms with Crippen LogP contribution < -0.4 is 5.32 Å². The number of hydrogen-bond donors (Lipinski definition) is 1. The Morgan fingerprint density at radius 1 is 1.50 bits per heavy atom.